The van der Waals surface area contributed by atoms with Gasteiger partial charge < -0.3 is 23.7 Å². The normalized spacial score (nSPS) is 27.5. The Kier molecular flexibility index (Phi) is 7.76. The Morgan fingerprint density at radius 3 is 2.15 bits per heavy atom. The number of carbonyl (C=O) groups excluding carboxylic acids is 3. The number of hydrogen-bond acceptors (Lipinski definition) is 8. The Morgan fingerprint density at radius 1 is 1.00 bits per heavy atom. The van der Waals surface area contributed by atoms with Crippen LogP contribution >= 0.6 is 15.9 Å². The monoisotopic (exact) mass is 444 g/mol. The molecule has 0 spiro atoms. The standard InChI is InChI=1S/C18H21BrO8/c1-10(20)25-13-14(26-11(2)21)16(18(22)23-3)27-17(19)15(13)24-9-12-7-5-4-6-8-12/h4-8,13-17H,9H2,1-3H3/t13-,14-,15+,16-,17-/m0/s1. The van der Waals surface area contributed by atoms with E-state index in [0.717, 1.165) is 5.56 Å². The molecule has 0 unspecified atom stereocenters. The van der Waals surface area contributed by atoms with Crippen molar-refractivity contribution >= 4 is 33.8 Å². The molecule has 1 aromatic carbocycles. The van der Waals surface area contributed by atoms with Crippen LogP contribution in [0.1, 0.15) is 19.4 Å². The molecular formula is C18H21BrO8. The quantitative estimate of drug-likeness (QED) is 0.371. The van der Waals surface area contributed by atoms with Crippen LogP contribution in [0.3, 0.4) is 0 Å². The molecule has 0 aliphatic carbocycles. The third-order valence-electron chi connectivity index (χ3n) is 3.80. The van der Waals surface area contributed by atoms with Gasteiger partial charge in [0.1, 0.15) is 11.1 Å². The lowest BCUT2D eigenvalue weighted by atomic mass is 9.99. The molecule has 1 heterocycles. The van der Waals surface area contributed by atoms with E-state index in [2.05, 4.69) is 15.9 Å². The van der Waals surface area contributed by atoms with Crippen LogP contribution in [0.25, 0.3) is 0 Å². The number of esters is 3. The zero-order valence-corrected chi connectivity index (χ0v) is 16.7. The van der Waals surface area contributed by atoms with Gasteiger partial charge in [-0.25, -0.2) is 4.79 Å². The number of benzene rings is 1. The number of halogens is 1. The number of alkyl halides is 1. The zero-order valence-electron chi connectivity index (χ0n) is 15.1. The predicted molar refractivity (Wildman–Crippen MR) is 95.7 cm³/mol. The van der Waals surface area contributed by atoms with Gasteiger partial charge in [-0.15, -0.1) is 0 Å². The molecule has 148 valence electrons. The largest absolute Gasteiger partial charge is 0.467 e. The summed E-state index contributed by atoms with van der Waals surface area (Å²) >= 11 is 3.30. The summed E-state index contributed by atoms with van der Waals surface area (Å²) in [5.74, 6) is -2.04. The van der Waals surface area contributed by atoms with Gasteiger partial charge in [0.2, 0.25) is 0 Å². The van der Waals surface area contributed by atoms with E-state index in [1.54, 1.807) is 0 Å². The SMILES string of the molecule is COC(=O)[C@H]1O[C@H](Br)[C@H](OCc2ccccc2)[C@@H](OC(C)=O)[C@@H]1OC(C)=O. The van der Waals surface area contributed by atoms with E-state index in [0.29, 0.717) is 0 Å². The van der Waals surface area contributed by atoms with E-state index in [9.17, 15) is 14.4 Å². The second-order valence-electron chi connectivity index (χ2n) is 5.84. The molecule has 9 heteroatoms. The summed E-state index contributed by atoms with van der Waals surface area (Å²) in [5.41, 5.74) is 0.887. The topological polar surface area (TPSA) is 97.4 Å². The van der Waals surface area contributed by atoms with Crippen molar-refractivity contribution in [3.05, 3.63) is 35.9 Å². The fourth-order valence-corrected chi connectivity index (χ4v) is 3.38. The molecule has 8 nitrogen and oxygen atoms in total. The molecule has 1 aliphatic heterocycles. The van der Waals surface area contributed by atoms with E-state index >= 15 is 0 Å². The molecule has 0 bridgehead atoms. The fraction of sp³-hybridized carbons (Fsp3) is 0.500. The molecule has 1 fully saturated rings. The summed E-state index contributed by atoms with van der Waals surface area (Å²) in [6.07, 6.45) is -4.39. The highest BCUT2D eigenvalue weighted by Gasteiger charge is 2.53. The lowest BCUT2D eigenvalue weighted by molar-refractivity contribution is -0.237. The summed E-state index contributed by atoms with van der Waals surface area (Å²) in [6, 6.07) is 9.34. The minimum atomic E-state index is -1.27. The number of ether oxygens (including phenoxy) is 5. The smallest absolute Gasteiger partial charge is 0.339 e. The van der Waals surface area contributed by atoms with Crippen molar-refractivity contribution in [1.29, 1.82) is 0 Å². The van der Waals surface area contributed by atoms with Gasteiger partial charge in [-0.05, 0) is 5.56 Å². The van der Waals surface area contributed by atoms with Crippen LogP contribution in [0, 0.1) is 0 Å². The van der Waals surface area contributed by atoms with Gasteiger partial charge in [0.15, 0.2) is 18.3 Å². The first-order valence-electron chi connectivity index (χ1n) is 8.20. The Hall–Kier alpha value is -1.97. The lowest BCUT2D eigenvalue weighted by Crippen LogP contribution is -2.61. The molecular weight excluding hydrogens is 424 g/mol. The van der Waals surface area contributed by atoms with Gasteiger partial charge in [0.25, 0.3) is 0 Å². The summed E-state index contributed by atoms with van der Waals surface area (Å²) < 4.78 is 26.8. The number of rotatable bonds is 6. The van der Waals surface area contributed by atoms with E-state index in [-0.39, 0.29) is 6.61 Å². The fourth-order valence-electron chi connectivity index (χ4n) is 2.69. The van der Waals surface area contributed by atoms with Crippen LogP contribution < -0.4 is 0 Å². The van der Waals surface area contributed by atoms with Crippen molar-refractivity contribution in [1.82, 2.24) is 0 Å². The van der Waals surface area contributed by atoms with Crippen molar-refractivity contribution in [2.75, 3.05) is 7.11 Å². The molecule has 0 radical (unpaired) electrons. The van der Waals surface area contributed by atoms with E-state index < -0.39 is 47.3 Å². The van der Waals surface area contributed by atoms with E-state index in [4.69, 9.17) is 23.7 Å². The van der Waals surface area contributed by atoms with Gasteiger partial charge in [-0.3, -0.25) is 9.59 Å². The van der Waals surface area contributed by atoms with E-state index in [1.807, 2.05) is 30.3 Å². The first-order chi connectivity index (χ1) is 12.8. The van der Waals surface area contributed by atoms with Crippen molar-refractivity contribution in [3.8, 4) is 0 Å². The Labute approximate surface area is 165 Å². The van der Waals surface area contributed by atoms with Crippen LogP contribution in [0.15, 0.2) is 30.3 Å². The molecule has 0 N–H and O–H groups in total. The lowest BCUT2D eigenvalue weighted by Gasteiger charge is -2.42. The predicted octanol–water partition coefficient (Wildman–Crippen LogP) is 1.73. The molecule has 27 heavy (non-hydrogen) atoms. The van der Waals surface area contributed by atoms with Gasteiger partial charge in [-0.1, -0.05) is 46.3 Å². The molecule has 5 atom stereocenters. The first-order valence-corrected chi connectivity index (χ1v) is 9.12. The van der Waals surface area contributed by atoms with Gasteiger partial charge >= 0.3 is 17.9 Å². The highest BCUT2D eigenvalue weighted by molar-refractivity contribution is 9.09. The Morgan fingerprint density at radius 2 is 1.59 bits per heavy atom. The second-order valence-corrected chi connectivity index (χ2v) is 6.74. The molecule has 0 saturated carbocycles. The summed E-state index contributed by atoms with van der Waals surface area (Å²) in [4.78, 5) is 35.3. The van der Waals surface area contributed by atoms with Crippen molar-refractivity contribution < 1.29 is 38.1 Å². The first kappa shape index (κ1) is 21.3. The Balaban J connectivity index is 2.28. The van der Waals surface area contributed by atoms with Crippen molar-refractivity contribution in [2.24, 2.45) is 0 Å². The summed E-state index contributed by atoms with van der Waals surface area (Å²) in [6.45, 7) is 2.59. The highest BCUT2D eigenvalue weighted by Crippen LogP contribution is 2.32. The van der Waals surface area contributed by atoms with Crippen LogP contribution in [-0.2, 0) is 44.7 Å². The van der Waals surface area contributed by atoms with Crippen LogP contribution in [-0.4, -0.2) is 54.4 Å². The maximum atomic E-state index is 12.1. The Bertz CT molecular complexity index is 665. The third kappa shape index (κ3) is 5.75. The van der Waals surface area contributed by atoms with Crippen molar-refractivity contribution in [3.63, 3.8) is 0 Å². The third-order valence-corrected chi connectivity index (χ3v) is 4.54. The average molecular weight is 445 g/mol. The van der Waals surface area contributed by atoms with Crippen molar-refractivity contribution in [2.45, 2.75) is 49.9 Å². The molecule has 0 amide bonds. The molecule has 1 saturated heterocycles. The van der Waals surface area contributed by atoms with Crippen LogP contribution in [0.4, 0.5) is 0 Å². The number of hydrogen-bond donors (Lipinski definition) is 0. The minimum Gasteiger partial charge on any atom is -0.467 e. The average Bonchev–Trinajstić information content (AvgIpc) is 2.62. The molecule has 2 rings (SSSR count). The highest BCUT2D eigenvalue weighted by atomic mass is 79.9. The van der Waals surface area contributed by atoms with E-state index in [1.165, 1.54) is 21.0 Å². The molecule has 1 aromatic rings. The molecule has 0 aromatic heterocycles. The summed E-state index contributed by atoms with van der Waals surface area (Å²) in [7, 11) is 1.18. The maximum Gasteiger partial charge on any atom is 0.339 e. The number of carbonyl (C=O) groups is 3. The molecule has 1 aliphatic rings. The van der Waals surface area contributed by atoms with Crippen LogP contribution in [0.5, 0.6) is 0 Å². The van der Waals surface area contributed by atoms with Gasteiger partial charge in [0.05, 0.1) is 13.7 Å². The minimum absolute atomic E-state index is 0.199. The van der Waals surface area contributed by atoms with Gasteiger partial charge in [-0.2, -0.15) is 0 Å². The van der Waals surface area contributed by atoms with Gasteiger partial charge in [0, 0.05) is 13.8 Å². The maximum absolute atomic E-state index is 12.1. The summed E-state index contributed by atoms with van der Waals surface area (Å²) in [5, 5.41) is -0.804. The zero-order chi connectivity index (χ0) is 20.0. The second kappa shape index (κ2) is 9.82. The van der Waals surface area contributed by atoms with Crippen LogP contribution in [0.2, 0.25) is 0 Å². The number of methoxy groups -OCH3 is 1.